The van der Waals surface area contributed by atoms with Gasteiger partial charge < -0.3 is 4.90 Å². The summed E-state index contributed by atoms with van der Waals surface area (Å²) in [4.78, 5) is 13.6. The van der Waals surface area contributed by atoms with Crippen molar-refractivity contribution in [2.24, 2.45) is 0 Å². The van der Waals surface area contributed by atoms with E-state index in [1.54, 1.807) is 15.8 Å². The van der Waals surface area contributed by atoms with Gasteiger partial charge in [-0.05, 0) is 12.1 Å². The van der Waals surface area contributed by atoms with Crippen LogP contribution in [0.25, 0.3) is 5.70 Å². The summed E-state index contributed by atoms with van der Waals surface area (Å²) in [5.74, 6) is 0. The molecule has 0 saturated carbocycles. The number of fused-ring (bicyclic) bond motifs is 2. The van der Waals surface area contributed by atoms with E-state index >= 15 is 0 Å². The number of carbonyl (C=O) groups excluding carboxylic acids is 1. The van der Waals surface area contributed by atoms with Crippen molar-refractivity contribution in [2.75, 3.05) is 13.1 Å². The Morgan fingerprint density at radius 1 is 1.50 bits per heavy atom. The molecule has 3 rings (SSSR count). The molecule has 2 aliphatic rings. The predicted octanol–water partition coefficient (Wildman–Crippen LogP) is -2.24. The van der Waals surface area contributed by atoms with E-state index in [9.17, 15) is 4.79 Å². The fourth-order valence-corrected chi connectivity index (χ4v) is 2.40. The van der Waals surface area contributed by atoms with Crippen LogP contribution < -0.4 is 29.6 Å². The third kappa shape index (κ3) is 3.02. The first kappa shape index (κ1) is 15.8. The Hall–Kier alpha value is -0.590. The number of hydrogen-bond acceptors (Lipinski definition) is 7. The first-order chi connectivity index (χ1) is 9.29. The third-order valence-electron chi connectivity index (χ3n) is 2.87. The van der Waals surface area contributed by atoms with Crippen molar-refractivity contribution in [3.63, 3.8) is 0 Å². The third-order valence-corrected chi connectivity index (χ3v) is 3.21. The standard InChI is InChI=1S/C9H10N4O5S.Na/c14-9-11-5-7(12-3-1-2-10-12)4-8(6-11)13(9)16-19-18-17-15;/h1-4,8,15H,5-6H2;/q;+1. The Labute approximate surface area is 140 Å². The van der Waals surface area contributed by atoms with Crippen LogP contribution in [0.15, 0.2) is 24.5 Å². The average Bonchev–Trinajstić information content (AvgIpc) is 3.02. The summed E-state index contributed by atoms with van der Waals surface area (Å²) < 4.78 is 10.8. The molecule has 11 heteroatoms. The molecule has 2 aliphatic heterocycles. The molecule has 0 aliphatic carbocycles. The Morgan fingerprint density at radius 2 is 2.35 bits per heavy atom. The van der Waals surface area contributed by atoms with Gasteiger partial charge in [0.05, 0.1) is 12.2 Å². The van der Waals surface area contributed by atoms with Gasteiger partial charge in [-0.25, -0.2) is 14.7 Å². The van der Waals surface area contributed by atoms with Gasteiger partial charge in [-0.2, -0.15) is 14.4 Å². The molecule has 1 aromatic heterocycles. The molecule has 2 amide bonds. The summed E-state index contributed by atoms with van der Waals surface area (Å²) >= 11 is 0.356. The van der Waals surface area contributed by atoms with E-state index in [4.69, 9.17) is 9.54 Å². The number of hydroxylamine groups is 2. The van der Waals surface area contributed by atoms with E-state index in [1.165, 1.54) is 0 Å². The number of hydrogen-bond donors (Lipinski definition) is 1. The van der Waals surface area contributed by atoms with E-state index in [1.807, 2.05) is 18.3 Å². The van der Waals surface area contributed by atoms with Crippen LogP contribution in [-0.4, -0.2) is 50.2 Å². The second-order valence-electron chi connectivity index (χ2n) is 3.95. The van der Waals surface area contributed by atoms with Gasteiger partial charge in [-0.15, -0.1) is 4.33 Å². The van der Waals surface area contributed by atoms with Crippen LogP contribution >= 0.6 is 12.3 Å². The minimum absolute atomic E-state index is 0. The van der Waals surface area contributed by atoms with Crippen LogP contribution in [0.3, 0.4) is 0 Å². The fourth-order valence-electron chi connectivity index (χ4n) is 2.11. The Kier molecular flexibility index (Phi) is 5.46. The van der Waals surface area contributed by atoms with Crippen molar-refractivity contribution < 1.29 is 53.3 Å². The van der Waals surface area contributed by atoms with Crippen molar-refractivity contribution in [3.05, 3.63) is 24.5 Å². The van der Waals surface area contributed by atoms with Crippen molar-refractivity contribution in [1.29, 1.82) is 0 Å². The number of carbonyl (C=O) groups is 1. The van der Waals surface area contributed by atoms with Gasteiger partial charge in [0.15, 0.2) is 0 Å². The maximum absolute atomic E-state index is 12.0. The Balaban J connectivity index is 0.00000147. The summed E-state index contributed by atoms with van der Waals surface area (Å²) in [5.41, 5.74) is 0.894. The Bertz CT molecular complexity index is 499. The van der Waals surface area contributed by atoms with E-state index in [2.05, 4.69) is 14.5 Å². The van der Waals surface area contributed by atoms with Gasteiger partial charge in [-0.1, -0.05) is 5.04 Å². The molecule has 1 unspecified atom stereocenters. The first-order valence-corrected chi connectivity index (χ1v) is 6.06. The normalized spacial score (nSPS) is 20.9. The summed E-state index contributed by atoms with van der Waals surface area (Å²) in [7, 11) is 0. The molecule has 2 bridgehead atoms. The quantitative estimate of drug-likeness (QED) is 0.216. The van der Waals surface area contributed by atoms with E-state index in [0.717, 1.165) is 10.8 Å². The van der Waals surface area contributed by atoms with Gasteiger partial charge >= 0.3 is 35.6 Å². The number of nitrogens with zero attached hydrogens (tertiary/aromatic N) is 4. The molecule has 1 N–H and O–H groups in total. The predicted molar refractivity (Wildman–Crippen MR) is 62.6 cm³/mol. The molecule has 1 saturated heterocycles. The molecule has 0 spiro atoms. The zero-order valence-electron chi connectivity index (χ0n) is 10.6. The maximum Gasteiger partial charge on any atom is 1.00 e. The second kappa shape index (κ2) is 6.91. The van der Waals surface area contributed by atoms with Crippen molar-refractivity contribution in [1.82, 2.24) is 19.7 Å². The van der Waals surface area contributed by atoms with Crippen LogP contribution in [0.1, 0.15) is 0 Å². The second-order valence-corrected chi connectivity index (χ2v) is 4.37. The SMILES string of the molecule is O=C1N2CC(n3cccn3)=CC(C2)N1OSOOO.[Na+]. The molecule has 1 fully saturated rings. The molecule has 0 radical (unpaired) electrons. The van der Waals surface area contributed by atoms with E-state index in [-0.39, 0.29) is 41.6 Å². The molecule has 0 aromatic carbocycles. The molecule has 1 aromatic rings. The fraction of sp³-hybridized carbons (Fsp3) is 0.333. The smallest absolute Gasteiger partial charge is 0.314 e. The van der Waals surface area contributed by atoms with Gasteiger partial charge in [0, 0.05) is 18.9 Å². The summed E-state index contributed by atoms with van der Waals surface area (Å²) in [6.45, 7) is 0.989. The maximum atomic E-state index is 12.0. The zero-order valence-corrected chi connectivity index (χ0v) is 13.4. The number of urea groups is 1. The molecule has 1 atom stereocenters. The topological polar surface area (TPSA) is 89.3 Å². The number of aromatic nitrogens is 2. The van der Waals surface area contributed by atoms with Gasteiger partial charge in [0.25, 0.3) is 0 Å². The van der Waals surface area contributed by atoms with Crippen LogP contribution in [0, 0.1) is 0 Å². The van der Waals surface area contributed by atoms with Gasteiger partial charge in [-0.3, -0.25) is 0 Å². The number of amides is 2. The van der Waals surface area contributed by atoms with Crippen LogP contribution in [0.5, 0.6) is 0 Å². The molecular formula is C9H10N4NaO5S+. The summed E-state index contributed by atoms with van der Waals surface area (Å²) in [6, 6.07) is 1.29. The van der Waals surface area contributed by atoms with Crippen molar-refractivity contribution >= 4 is 24.1 Å². The first-order valence-electron chi connectivity index (χ1n) is 5.40. The summed E-state index contributed by atoms with van der Waals surface area (Å²) in [6.07, 6.45) is 5.38. The molecule has 9 nitrogen and oxygen atoms in total. The average molecular weight is 309 g/mol. The molecular weight excluding hydrogens is 299 g/mol. The van der Waals surface area contributed by atoms with Gasteiger partial charge in [0.2, 0.25) is 12.3 Å². The van der Waals surface area contributed by atoms with Gasteiger partial charge in [0.1, 0.15) is 6.04 Å². The zero-order chi connectivity index (χ0) is 13.2. The molecule has 102 valence electrons. The van der Waals surface area contributed by atoms with Crippen LogP contribution in [-0.2, 0) is 13.7 Å². The van der Waals surface area contributed by atoms with E-state index in [0.29, 0.717) is 25.4 Å². The van der Waals surface area contributed by atoms with Crippen molar-refractivity contribution in [3.8, 4) is 0 Å². The summed E-state index contributed by atoms with van der Waals surface area (Å²) in [5, 5.41) is 16.7. The largest absolute Gasteiger partial charge is 1.00 e. The minimum atomic E-state index is -0.280. The minimum Gasteiger partial charge on any atom is -0.314 e. The number of rotatable bonds is 5. The molecule has 20 heavy (non-hydrogen) atoms. The monoisotopic (exact) mass is 309 g/mol. The van der Waals surface area contributed by atoms with E-state index < -0.39 is 0 Å². The molecule has 3 heterocycles. The van der Waals surface area contributed by atoms with Crippen molar-refractivity contribution in [2.45, 2.75) is 6.04 Å². The van der Waals surface area contributed by atoms with Crippen LogP contribution in [0.2, 0.25) is 0 Å². The Morgan fingerprint density at radius 3 is 3.05 bits per heavy atom. The van der Waals surface area contributed by atoms with Crippen LogP contribution in [0.4, 0.5) is 4.79 Å².